The normalized spacial score (nSPS) is 25.3. The van der Waals surface area contributed by atoms with E-state index >= 15 is 0 Å². The second-order valence-corrected chi connectivity index (χ2v) is 10.3. The number of rotatable bonds is 6. The molecule has 5 atom stereocenters. The molecule has 2 heterocycles. The van der Waals surface area contributed by atoms with Crippen molar-refractivity contribution in [1.29, 1.82) is 0 Å². The van der Waals surface area contributed by atoms with E-state index in [2.05, 4.69) is 55.3 Å². The monoisotopic (exact) mass is 477 g/mol. The lowest BCUT2D eigenvalue weighted by Crippen LogP contribution is -2.48. The lowest BCUT2D eigenvalue weighted by Gasteiger charge is -2.50. The van der Waals surface area contributed by atoms with E-state index in [1.54, 1.807) is 13.0 Å². The van der Waals surface area contributed by atoms with Crippen LogP contribution in [0.5, 0.6) is 0 Å². The maximum Gasteiger partial charge on any atom is 0.288 e. The molecule has 33 heavy (non-hydrogen) atoms. The summed E-state index contributed by atoms with van der Waals surface area (Å²) in [7, 11) is 0. The van der Waals surface area contributed by atoms with E-state index in [1.807, 2.05) is 0 Å². The van der Waals surface area contributed by atoms with E-state index < -0.39 is 23.5 Å². The summed E-state index contributed by atoms with van der Waals surface area (Å²) in [5.74, 6) is 0.330. The number of nitrogens with one attached hydrogen (secondary N) is 2. The standard InChI is InChI=1S/C24H33ClFN5O2/c1-13-9-18(14(2)15(3)24(13,5)6)30-19-11-28-31(23(33)22(19)25)12-21(32)29-16(4)17-7-8-27-20(26)10-17/h7-8,10-11,13-16,18,30H,9,12H2,1-6H3,(H,29,32)/t13-,14+,15+,16?,18+/m0/s1. The minimum absolute atomic E-state index is 0.0133. The van der Waals surface area contributed by atoms with Crippen LogP contribution in [0.4, 0.5) is 10.1 Å². The number of hydrogen-bond donors (Lipinski definition) is 2. The lowest BCUT2D eigenvalue weighted by atomic mass is 9.58. The van der Waals surface area contributed by atoms with E-state index in [0.717, 1.165) is 11.1 Å². The smallest absolute Gasteiger partial charge is 0.288 e. The first-order valence-corrected chi connectivity index (χ1v) is 11.7. The topological polar surface area (TPSA) is 88.9 Å². The third-order valence-electron chi connectivity index (χ3n) is 7.72. The molecule has 1 aliphatic rings. The third-order valence-corrected chi connectivity index (χ3v) is 8.09. The van der Waals surface area contributed by atoms with E-state index in [9.17, 15) is 14.0 Å². The molecule has 0 spiro atoms. The van der Waals surface area contributed by atoms with Crippen LogP contribution >= 0.6 is 11.6 Å². The van der Waals surface area contributed by atoms with Gasteiger partial charge in [-0.15, -0.1) is 0 Å². The van der Waals surface area contributed by atoms with Crippen molar-refractivity contribution < 1.29 is 9.18 Å². The predicted octanol–water partition coefficient (Wildman–Crippen LogP) is 4.43. The molecule has 1 aliphatic carbocycles. The van der Waals surface area contributed by atoms with Gasteiger partial charge in [0.15, 0.2) is 0 Å². The molecule has 1 amide bonds. The molecule has 2 aromatic heterocycles. The van der Waals surface area contributed by atoms with Crippen molar-refractivity contribution in [1.82, 2.24) is 20.1 Å². The summed E-state index contributed by atoms with van der Waals surface area (Å²) in [6.45, 7) is 12.8. The van der Waals surface area contributed by atoms with Crippen LogP contribution in [0, 0.1) is 29.1 Å². The Morgan fingerprint density at radius 1 is 1.36 bits per heavy atom. The SMILES string of the molecule is CC(NC(=O)Cn1ncc(N[C@@H]2C[C@H](C)C(C)(C)[C@H](C)[C@H]2C)c(Cl)c1=O)c1ccnc(F)c1. The highest BCUT2D eigenvalue weighted by Crippen LogP contribution is 2.48. The van der Waals surface area contributed by atoms with Gasteiger partial charge in [0, 0.05) is 12.2 Å². The molecule has 1 fully saturated rings. The second kappa shape index (κ2) is 9.79. The van der Waals surface area contributed by atoms with Crippen molar-refractivity contribution in [3.8, 4) is 0 Å². The first kappa shape index (κ1) is 25.1. The maximum absolute atomic E-state index is 13.3. The Morgan fingerprint density at radius 2 is 2.06 bits per heavy atom. The highest BCUT2D eigenvalue weighted by Gasteiger charge is 2.43. The van der Waals surface area contributed by atoms with Gasteiger partial charge in [-0.1, -0.05) is 46.2 Å². The Hall–Kier alpha value is -2.48. The van der Waals surface area contributed by atoms with Crippen LogP contribution in [0.2, 0.25) is 5.02 Å². The average molecular weight is 478 g/mol. The summed E-state index contributed by atoms with van der Waals surface area (Å²) in [5.41, 5.74) is 0.747. The van der Waals surface area contributed by atoms with Crippen LogP contribution in [0.3, 0.4) is 0 Å². The van der Waals surface area contributed by atoms with Gasteiger partial charge in [-0.05, 0) is 54.2 Å². The van der Waals surface area contributed by atoms with Gasteiger partial charge in [-0.2, -0.15) is 9.49 Å². The Bertz CT molecular complexity index is 1070. The summed E-state index contributed by atoms with van der Waals surface area (Å²) in [6, 6.07) is 2.58. The molecular formula is C24H33ClFN5O2. The van der Waals surface area contributed by atoms with Gasteiger partial charge in [-0.25, -0.2) is 9.67 Å². The molecule has 0 aromatic carbocycles. The zero-order valence-corrected chi connectivity index (χ0v) is 20.8. The minimum Gasteiger partial charge on any atom is -0.379 e. The Kier molecular flexibility index (Phi) is 7.46. The molecule has 2 N–H and O–H groups in total. The molecule has 2 aromatic rings. The number of aromatic nitrogens is 3. The quantitative estimate of drug-likeness (QED) is 0.601. The van der Waals surface area contributed by atoms with Gasteiger partial charge < -0.3 is 10.6 Å². The number of nitrogens with zero attached hydrogens (tertiary/aromatic N) is 3. The first-order valence-electron chi connectivity index (χ1n) is 11.3. The van der Waals surface area contributed by atoms with E-state index in [0.29, 0.717) is 29.0 Å². The van der Waals surface area contributed by atoms with E-state index in [1.165, 1.54) is 18.5 Å². The number of anilines is 1. The number of hydrogen-bond acceptors (Lipinski definition) is 5. The fourth-order valence-electron chi connectivity index (χ4n) is 4.64. The van der Waals surface area contributed by atoms with Gasteiger partial charge >= 0.3 is 0 Å². The fourth-order valence-corrected chi connectivity index (χ4v) is 4.84. The highest BCUT2D eigenvalue weighted by molar-refractivity contribution is 6.32. The summed E-state index contributed by atoms with van der Waals surface area (Å²) in [6.07, 6.45) is 3.80. The van der Waals surface area contributed by atoms with Crippen molar-refractivity contribution in [3.05, 3.63) is 51.4 Å². The molecule has 0 radical (unpaired) electrons. The summed E-state index contributed by atoms with van der Waals surface area (Å²) < 4.78 is 14.3. The van der Waals surface area contributed by atoms with Gasteiger partial charge in [0.1, 0.15) is 11.6 Å². The molecule has 0 saturated heterocycles. The largest absolute Gasteiger partial charge is 0.379 e. The zero-order chi connectivity index (χ0) is 24.5. The zero-order valence-electron chi connectivity index (χ0n) is 20.0. The summed E-state index contributed by atoms with van der Waals surface area (Å²) >= 11 is 6.38. The predicted molar refractivity (Wildman–Crippen MR) is 128 cm³/mol. The van der Waals surface area contributed by atoms with Gasteiger partial charge in [-0.3, -0.25) is 9.59 Å². The Labute approximate surface area is 199 Å². The Balaban J connectivity index is 1.69. The first-order chi connectivity index (χ1) is 15.4. The van der Waals surface area contributed by atoms with E-state index in [4.69, 9.17) is 11.6 Å². The van der Waals surface area contributed by atoms with Crippen LogP contribution in [-0.4, -0.2) is 26.7 Å². The summed E-state index contributed by atoms with van der Waals surface area (Å²) in [5, 5.41) is 10.3. The molecule has 0 aliphatic heterocycles. The molecule has 1 unspecified atom stereocenters. The summed E-state index contributed by atoms with van der Waals surface area (Å²) in [4.78, 5) is 28.7. The molecule has 3 rings (SSSR count). The van der Waals surface area contributed by atoms with Crippen LogP contribution < -0.4 is 16.2 Å². The van der Waals surface area contributed by atoms with Crippen LogP contribution in [-0.2, 0) is 11.3 Å². The van der Waals surface area contributed by atoms with Gasteiger partial charge in [0.2, 0.25) is 11.9 Å². The molecule has 1 saturated carbocycles. The maximum atomic E-state index is 13.3. The number of carbonyl (C=O) groups is 1. The highest BCUT2D eigenvalue weighted by atomic mass is 35.5. The van der Waals surface area contributed by atoms with Crippen molar-refractivity contribution in [2.75, 3.05) is 5.32 Å². The molecule has 180 valence electrons. The lowest BCUT2D eigenvalue weighted by molar-refractivity contribution is -0.122. The second-order valence-electron chi connectivity index (χ2n) is 9.89. The average Bonchev–Trinajstić information content (AvgIpc) is 2.76. The number of amides is 1. The molecular weight excluding hydrogens is 445 g/mol. The van der Waals surface area contributed by atoms with Crippen molar-refractivity contribution in [2.45, 2.75) is 66.6 Å². The van der Waals surface area contributed by atoms with Crippen LogP contribution in [0.1, 0.15) is 59.6 Å². The number of halogens is 2. The van der Waals surface area contributed by atoms with Crippen molar-refractivity contribution in [3.63, 3.8) is 0 Å². The number of pyridine rings is 1. The molecule has 9 heteroatoms. The Morgan fingerprint density at radius 3 is 2.73 bits per heavy atom. The van der Waals surface area contributed by atoms with Crippen LogP contribution in [0.15, 0.2) is 29.3 Å². The van der Waals surface area contributed by atoms with Crippen molar-refractivity contribution in [2.24, 2.45) is 23.2 Å². The van der Waals surface area contributed by atoms with Gasteiger partial charge in [0.25, 0.3) is 5.56 Å². The van der Waals surface area contributed by atoms with Crippen LogP contribution in [0.25, 0.3) is 0 Å². The number of carbonyl (C=O) groups excluding carboxylic acids is 1. The van der Waals surface area contributed by atoms with Gasteiger partial charge in [0.05, 0.1) is 17.9 Å². The fraction of sp³-hybridized carbons (Fsp3) is 0.583. The molecule has 0 bridgehead atoms. The third kappa shape index (κ3) is 5.37. The minimum atomic E-state index is -0.624. The van der Waals surface area contributed by atoms with Crippen molar-refractivity contribution >= 4 is 23.2 Å². The van der Waals surface area contributed by atoms with E-state index in [-0.39, 0.29) is 23.0 Å². The molecule has 7 nitrogen and oxygen atoms in total.